The van der Waals surface area contributed by atoms with E-state index in [1.807, 2.05) is 6.92 Å². The maximum Gasteiger partial charge on any atom is 0.348 e. The van der Waals surface area contributed by atoms with Gasteiger partial charge in [0.2, 0.25) is 5.60 Å². The van der Waals surface area contributed by atoms with E-state index in [2.05, 4.69) is 0 Å². The van der Waals surface area contributed by atoms with Gasteiger partial charge in [0.05, 0.1) is 5.92 Å². The van der Waals surface area contributed by atoms with Crippen molar-refractivity contribution in [3.63, 3.8) is 0 Å². The first kappa shape index (κ1) is 11.0. The van der Waals surface area contributed by atoms with E-state index in [1.165, 1.54) is 0 Å². The largest absolute Gasteiger partial charge is 0.478 e. The number of rotatable bonds is 3. The number of carbonyl (C=O) groups excluding carboxylic acids is 1. The van der Waals surface area contributed by atoms with Crippen LogP contribution in [0.3, 0.4) is 0 Å². The lowest BCUT2D eigenvalue weighted by Crippen LogP contribution is -2.43. The fourth-order valence-corrected chi connectivity index (χ4v) is 1.80. The van der Waals surface area contributed by atoms with Crippen LogP contribution in [0.15, 0.2) is 0 Å². The number of hydrogen-bond donors (Lipinski definition) is 1. The SMILES string of the molecule is CCC1CC(C(=O)O)(C(C)C)OC1=O. The molecule has 1 fully saturated rings. The molecule has 2 unspecified atom stereocenters. The lowest BCUT2D eigenvalue weighted by molar-refractivity contribution is -0.174. The molecule has 1 N–H and O–H groups in total. The summed E-state index contributed by atoms with van der Waals surface area (Å²) in [5.41, 5.74) is -1.29. The van der Waals surface area contributed by atoms with Gasteiger partial charge >= 0.3 is 11.9 Å². The van der Waals surface area contributed by atoms with Crippen LogP contribution in [0.25, 0.3) is 0 Å². The number of ether oxygens (including phenoxy) is 1. The molecular formula is C10H16O4. The molecule has 0 aliphatic carbocycles. The standard InChI is InChI=1S/C10H16O4/c1-4-7-5-10(6(2)3,9(12)13)14-8(7)11/h6-7H,4-5H2,1-3H3,(H,12,13). The molecule has 1 heterocycles. The monoisotopic (exact) mass is 200 g/mol. The third kappa shape index (κ3) is 1.49. The van der Waals surface area contributed by atoms with Crippen LogP contribution in [-0.2, 0) is 14.3 Å². The predicted molar refractivity (Wildman–Crippen MR) is 49.7 cm³/mol. The molecule has 1 aliphatic rings. The predicted octanol–water partition coefficient (Wildman–Crippen LogP) is 1.44. The molecule has 0 radical (unpaired) electrons. The summed E-state index contributed by atoms with van der Waals surface area (Å²) in [6.07, 6.45) is 0.940. The van der Waals surface area contributed by atoms with Crippen LogP contribution in [0.5, 0.6) is 0 Å². The molecule has 4 nitrogen and oxygen atoms in total. The van der Waals surface area contributed by atoms with Crippen LogP contribution in [-0.4, -0.2) is 22.6 Å². The Hall–Kier alpha value is -1.06. The number of carboxylic acids is 1. The Bertz CT molecular complexity index is 259. The van der Waals surface area contributed by atoms with Crippen LogP contribution in [0, 0.1) is 11.8 Å². The van der Waals surface area contributed by atoms with Gasteiger partial charge in [0, 0.05) is 12.3 Å². The molecule has 0 spiro atoms. The third-order valence-electron chi connectivity index (χ3n) is 2.95. The Balaban J connectivity index is 2.94. The molecule has 1 rings (SSSR count). The van der Waals surface area contributed by atoms with Crippen LogP contribution >= 0.6 is 0 Å². The summed E-state index contributed by atoms with van der Waals surface area (Å²) in [5, 5.41) is 9.09. The van der Waals surface area contributed by atoms with Gasteiger partial charge in [-0.25, -0.2) is 4.79 Å². The topological polar surface area (TPSA) is 63.6 Å². The van der Waals surface area contributed by atoms with Crippen LogP contribution in [0.1, 0.15) is 33.6 Å². The van der Waals surface area contributed by atoms with Crippen molar-refractivity contribution in [2.24, 2.45) is 11.8 Å². The summed E-state index contributed by atoms with van der Waals surface area (Å²) >= 11 is 0. The first-order chi connectivity index (χ1) is 6.44. The molecular weight excluding hydrogens is 184 g/mol. The molecule has 1 saturated heterocycles. The minimum Gasteiger partial charge on any atom is -0.478 e. The highest BCUT2D eigenvalue weighted by atomic mass is 16.6. The Morgan fingerprint density at radius 1 is 1.71 bits per heavy atom. The van der Waals surface area contributed by atoms with Gasteiger partial charge in [0.1, 0.15) is 0 Å². The summed E-state index contributed by atoms with van der Waals surface area (Å²) in [6, 6.07) is 0. The molecule has 2 atom stereocenters. The Kier molecular flexibility index (Phi) is 2.83. The van der Waals surface area contributed by atoms with E-state index < -0.39 is 11.6 Å². The Morgan fingerprint density at radius 3 is 2.50 bits per heavy atom. The number of carboxylic acid groups (broad SMARTS) is 1. The van der Waals surface area contributed by atoms with Gasteiger partial charge in [0.15, 0.2) is 0 Å². The Morgan fingerprint density at radius 2 is 2.29 bits per heavy atom. The first-order valence-corrected chi connectivity index (χ1v) is 4.90. The highest BCUT2D eigenvalue weighted by Gasteiger charge is 2.53. The van der Waals surface area contributed by atoms with Crippen LogP contribution < -0.4 is 0 Å². The third-order valence-corrected chi connectivity index (χ3v) is 2.95. The number of carbonyl (C=O) groups is 2. The van der Waals surface area contributed by atoms with Gasteiger partial charge in [-0.1, -0.05) is 20.8 Å². The molecule has 0 aromatic carbocycles. The zero-order chi connectivity index (χ0) is 10.9. The molecule has 0 aromatic rings. The fraction of sp³-hybridized carbons (Fsp3) is 0.800. The number of cyclic esters (lactones) is 1. The summed E-state index contributed by atoms with van der Waals surface area (Å²) in [5.74, 6) is -1.85. The van der Waals surface area contributed by atoms with Gasteiger partial charge < -0.3 is 9.84 Å². The van der Waals surface area contributed by atoms with Crippen LogP contribution in [0.2, 0.25) is 0 Å². The van der Waals surface area contributed by atoms with Crippen molar-refractivity contribution in [1.82, 2.24) is 0 Å². The second-order valence-corrected chi connectivity index (χ2v) is 4.08. The quantitative estimate of drug-likeness (QED) is 0.700. The smallest absolute Gasteiger partial charge is 0.348 e. The van der Waals surface area contributed by atoms with E-state index in [-0.39, 0.29) is 17.8 Å². The van der Waals surface area contributed by atoms with Crippen molar-refractivity contribution in [2.75, 3.05) is 0 Å². The zero-order valence-electron chi connectivity index (χ0n) is 8.74. The second-order valence-electron chi connectivity index (χ2n) is 4.08. The number of aliphatic carboxylic acids is 1. The summed E-state index contributed by atoms with van der Waals surface area (Å²) in [6.45, 7) is 5.39. The maximum absolute atomic E-state index is 11.3. The van der Waals surface area contributed by atoms with Crippen molar-refractivity contribution in [3.8, 4) is 0 Å². The van der Waals surface area contributed by atoms with Crippen molar-refractivity contribution < 1.29 is 19.4 Å². The normalized spacial score (nSPS) is 32.0. The molecule has 0 bridgehead atoms. The van der Waals surface area contributed by atoms with Crippen LogP contribution in [0.4, 0.5) is 0 Å². The van der Waals surface area contributed by atoms with Gasteiger partial charge in [-0.2, -0.15) is 0 Å². The first-order valence-electron chi connectivity index (χ1n) is 4.90. The van der Waals surface area contributed by atoms with Gasteiger partial charge in [-0.15, -0.1) is 0 Å². The van der Waals surface area contributed by atoms with E-state index in [4.69, 9.17) is 9.84 Å². The van der Waals surface area contributed by atoms with Gasteiger partial charge in [-0.3, -0.25) is 4.79 Å². The zero-order valence-corrected chi connectivity index (χ0v) is 8.74. The highest BCUT2D eigenvalue weighted by molar-refractivity contribution is 5.87. The average molecular weight is 200 g/mol. The van der Waals surface area contributed by atoms with Gasteiger partial charge in [0.25, 0.3) is 0 Å². The van der Waals surface area contributed by atoms with Crippen molar-refractivity contribution in [1.29, 1.82) is 0 Å². The number of esters is 1. The summed E-state index contributed by atoms with van der Waals surface area (Å²) < 4.78 is 5.04. The molecule has 0 saturated carbocycles. The highest BCUT2D eigenvalue weighted by Crippen LogP contribution is 2.38. The van der Waals surface area contributed by atoms with E-state index in [0.717, 1.165) is 0 Å². The second kappa shape index (κ2) is 3.59. The van der Waals surface area contributed by atoms with Crippen molar-refractivity contribution in [2.45, 2.75) is 39.2 Å². The summed E-state index contributed by atoms with van der Waals surface area (Å²) in [7, 11) is 0. The molecule has 1 aliphatic heterocycles. The maximum atomic E-state index is 11.3. The average Bonchev–Trinajstić information content (AvgIpc) is 2.43. The van der Waals surface area contributed by atoms with E-state index in [9.17, 15) is 9.59 Å². The summed E-state index contributed by atoms with van der Waals surface area (Å²) in [4.78, 5) is 22.4. The minimum absolute atomic E-state index is 0.194. The minimum atomic E-state index is -1.29. The molecule has 80 valence electrons. The molecule has 14 heavy (non-hydrogen) atoms. The van der Waals surface area contributed by atoms with Gasteiger partial charge in [-0.05, 0) is 6.42 Å². The van der Waals surface area contributed by atoms with E-state index in [0.29, 0.717) is 12.8 Å². The van der Waals surface area contributed by atoms with E-state index in [1.54, 1.807) is 13.8 Å². The van der Waals surface area contributed by atoms with Crippen molar-refractivity contribution in [3.05, 3.63) is 0 Å². The molecule has 0 aromatic heterocycles. The lowest BCUT2D eigenvalue weighted by Gasteiger charge is -2.26. The number of hydrogen-bond acceptors (Lipinski definition) is 3. The lowest BCUT2D eigenvalue weighted by atomic mass is 9.84. The molecule has 4 heteroatoms. The van der Waals surface area contributed by atoms with Crippen molar-refractivity contribution >= 4 is 11.9 Å². The van der Waals surface area contributed by atoms with E-state index >= 15 is 0 Å². The molecule has 0 amide bonds. The Labute approximate surface area is 83.2 Å². The fourth-order valence-electron chi connectivity index (χ4n) is 1.80.